The van der Waals surface area contributed by atoms with Crippen molar-refractivity contribution in [2.24, 2.45) is 0 Å². The average molecular weight is 415 g/mol. The lowest BCUT2D eigenvalue weighted by atomic mass is 9.98. The summed E-state index contributed by atoms with van der Waals surface area (Å²) >= 11 is 1.26. The van der Waals surface area contributed by atoms with Crippen molar-refractivity contribution in [2.45, 2.75) is 12.0 Å². The summed E-state index contributed by atoms with van der Waals surface area (Å²) < 4.78 is 9.92. The minimum Gasteiger partial charge on any atom is -0.480 e. The summed E-state index contributed by atoms with van der Waals surface area (Å²) in [4.78, 5) is 33.7. The maximum atomic E-state index is 12.2. The van der Waals surface area contributed by atoms with E-state index in [1.54, 1.807) is 0 Å². The molecule has 0 spiro atoms. The molecule has 0 heterocycles. The van der Waals surface area contributed by atoms with E-state index in [-0.39, 0.29) is 24.9 Å². The van der Waals surface area contributed by atoms with Crippen LogP contribution in [0.4, 0.5) is 4.79 Å². The predicted molar refractivity (Wildman–Crippen MR) is 109 cm³/mol. The number of alkyl carbamates (subject to hydrolysis) is 1. The number of ether oxygens (including phenoxy) is 2. The molecule has 1 unspecified atom stereocenters. The van der Waals surface area contributed by atoms with Crippen LogP contribution in [-0.2, 0) is 19.1 Å². The van der Waals surface area contributed by atoms with Gasteiger partial charge in [-0.3, -0.25) is 4.79 Å². The lowest BCUT2D eigenvalue weighted by molar-refractivity contribution is -0.138. The van der Waals surface area contributed by atoms with Crippen LogP contribution in [0, 0.1) is 0 Å². The highest BCUT2D eigenvalue weighted by atomic mass is 32.2. The van der Waals surface area contributed by atoms with Crippen molar-refractivity contribution < 1.29 is 29.0 Å². The number of nitrogens with one attached hydrogen (secondary N) is 1. The van der Waals surface area contributed by atoms with Crippen molar-refractivity contribution in [1.82, 2.24) is 5.32 Å². The third-order valence-corrected chi connectivity index (χ3v) is 5.66. The first-order valence-corrected chi connectivity index (χ1v) is 10.2. The molecule has 1 aliphatic rings. The van der Waals surface area contributed by atoms with Gasteiger partial charge in [0.25, 0.3) is 6.47 Å². The molecule has 1 amide bonds. The van der Waals surface area contributed by atoms with E-state index >= 15 is 0 Å². The van der Waals surface area contributed by atoms with Crippen molar-refractivity contribution in [2.75, 3.05) is 24.7 Å². The van der Waals surface area contributed by atoms with Gasteiger partial charge in [0.2, 0.25) is 0 Å². The molecule has 0 aliphatic heterocycles. The third-order valence-electron chi connectivity index (χ3n) is 4.63. The van der Waals surface area contributed by atoms with Crippen LogP contribution in [0.15, 0.2) is 48.5 Å². The van der Waals surface area contributed by atoms with Crippen molar-refractivity contribution in [1.29, 1.82) is 0 Å². The Morgan fingerprint density at radius 3 is 2.31 bits per heavy atom. The molecule has 3 rings (SSSR count). The predicted octanol–water partition coefficient (Wildman–Crippen LogP) is 2.88. The van der Waals surface area contributed by atoms with Crippen molar-refractivity contribution in [3.05, 3.63) is 59.7 Å². The van der Waals surface area contributed by atoms with Gasteiger partial charge >= 0.3 is 12.1 Å². The quantitative estimate of drug-likeness (QED) is 0.454. The van der Waals surface area contributed by atoms with Crippen molar-refractivity contribution in [3.8, 4) is 11.1 Å². The summed E-state index contributed by atoms with van der Waals surface area (Å²) in [7, 11) is 0. The molecule has 152 valence electrons. The molecule has 0 aromatic heterocycles. The minimum absolute atomic E-state index is 0.0914. The smallest absolute Gasteiger partial charge is 0.407 e. The molecule has 0 saturated heterocycles. The largest absolute Gasteiger partial charge is 0.480 e. The molecule has 0 fully saturated rings. The highest BCUT2D eigenvalue weighted by Crippen LogP contribution is 2.44. The van der Waals surface area contributed by atoms with E-state index in [0.717, 1.165) is 22.3 Å². The van der Waals surface area contributed by atoms with Gasteiger partial charge in [0.05, 0.1) is 0 Å². The van der Waals surface area contributed by atoms with Crippen LogP contribution in [0.25, 0.3) is 11.1 Å². The van der Waals surface area contributed by atoms with Gasteiger partial charge in [0.15, 0.2) is 0 Å². The Balaban J connectivity index is 1.57. The topological polar surface area (TPSA) is 102 Å². The number of amides is 1. The fourth-order valence-electron chi connectivity index (χ4n) is 3.31. The van der Waals surface area contributed by atoms with Gasteiger partial charge in [0.1, 0.15) is 19.3 Å². The Kier molecular flexibility index (Phi) is 7.13. The zero-order chi connectivity index (χ0) is 20.6. The molecule has 7 nitrogen and oxygen atoms in total. The average Bonchev–Trinajstić information content (AvgIpc) is 3.05. The van der Waals surface area contributed by atoms with Gasteiger partial charge < -0.3 is 19.9 Å². The van der Waals surface area contributed by atoms with Gasteiger partial charge in [-0.15, -0.1) is 0 Å². The number of thioether (sulfide) groups is 1. The number of hydrogen-bond donors (Lipinski definition) is 2. The van der Waals surface area contributed by atoms with E-state index in [0.29, 0.717) is 12.2 Å². The number of fused-ring (bicyclic) bond motifs is 3. The molecule has 2 aromatic rings. The van der Waals surface area contributed by atoms with E-state index in [9.17, 15) is 19.5 Å². The highest BCUT2D eigenvalue weighted by molar-refractivity contribution is 7.99. The van der Waals surface area contributed by atoms with Gasteiger partial charge in [-0.1, -0.05) is 48.5 Å². The van der Waals surface area contributed by atoms with Gasteiger partial charge in [-0.25, -0.2) is 9.59 Å². The van der Waals surface area contributed by atoms with Crippen LogP contribution < -0.4 is 5.32 Å². The second-order valence-corrected chi connectivity index (χ2v) is 7.55. The summed E-state index contributed by atoms with van der Waals surface area (Å²) in [5, 5.41) is 11.7. The fourth-order valence-corrected chi connectivity index (χ4v) is 4.16. The SMILES string of the molecule is O=COCCSCC(NC(=O)OCC1c2ccccc2-c2ccccc21)C(=O)O. The lowest BCUT2D eigenvalue weighted by Crippen LogP contribution is -2.43. The Morgan fingerprint density at radius 2 is 1.72 bits per heavy atom. The van der Waals surface area contributed by atoms with E-state index in [2.05, 4.69) is 10.1 Å². The van der Waals surface area contributed by atoms with Gasteiger partial charge in [-0.05, 0) is 22.3 Å². The van der Waals surface area contributed by atoms with Crippen molar-refractivity contribution >= 4 is 30.3 Å². The van der Waals surface area contributed by atoms with E-state index in [1.165, 1.54) is 11.8 Å². The Bertz CT molecular complexity index is 841. The minimum atomic E-state index is -1.15. The van der Waals surface area contributed by atoms with Crippen LogP contribution >= 0.6 is 11.8 Å². The maximum absolute atomic E-state index is 12.2. The number of carboxylic acid groups (broad SMARTS) is 1. The Labute approximate surface area is 172 Å². The molecule has 1 atom stereocenters. The number of carboxylic acids is 1. The monoisotopic (exact) mass is 415 g/mol. The maximum Gasteiger partial charge on any atom is 0.407 e. The molecule has 8 heteroatoms. The first-order valence-electron chi connectivity index (χ1n) is 9.09. The van der Waals surface area contributed by atoms with E-state index < -0.39 is 18.1 Å². The molecular formula is C21H21NO6S. The fraction of sp³-hybridized carbons (Fsp3) is 0.286. The van der Waals surface area contributed by atoms with Crippen LogP contribution in [-0.4, -0.2) is 54.4 Å². The molecular weight excluding hydrogens is 394 g/mol. The molecule has 0 saturated carbocycles. The molecule has 0 radical (unpaired) electrons. The first kappa shape index (κ1) is 20.7. The molecule has 1 aliphatic carbocycles. The Hall–Kier alpha value is -3.00. The molecule has 2 aromatic carbocycles. The molecule has 2 N–H and O–H groups in total. The summed E-state index contributed by atoms with van der Waals surface area (Å²) in [5.74, 6) is -0.662. The number of carbonyl (C=O) groups is 3. The van der Waals surface area contributed by atoms with E-state index in [4.69, 9.17) is 4.74 Å². The Morgan fingerprint density at radius 1 is 1.10 bits per heavy atom. The number of benzene rings is 2. The van der Waals surface area contributed by atoms with Gasteiger partial charge in [0, 0.05) is 17.4 Å². The van der Waals surface area contributed by atoms with E-state index in [1.807, 2.05) is 48.5 Å². The number of aliphatic carboxylic acids is 1. The first-order chi connectivity index (χ1) is 14.1. The second kappa shape index (κ2) is 9.97. The summed E-state index contributed by atoms with van der Waals surface area (Å²) in [6.07, 6.45) is -0.774. The van der Waals surface area contributed by atoms with Gasteiger partial charge in [-0.2, -0.15) is 11.8 Å². The van der Waals surface area contributed by atoms with Crippen LogP contribution in [0.3, 0.4) is 0 Å². The molecule has 0 bridgehead atoms. The highest BCUT2D eigenvalue weighted by Gasteiger charge is 2.29. The normalized spacial score (nSPS) is 13.1. The number of hydrogen-bond acceptors (Lipinski definition) is 6. The van der Waals surface area contributed by atoms with Crippen LogP contribution in [0.5, 0.6) is 0 Å². The van der Waals surface area contributed by atoms with Crippen LogP contribution in [0.1, 0.15) is 17.0 Å². The summed E-state index contributed by atoms with van der Waals surface area (Å²) in [6.45, 7) is 0.641. The summed E-state index contributed by atoms with van der Waals surface area (Å²) in [5.41, 5.74) is 4.41. The lowest BCUT2D eigenvalue weighted by Gasteiger charge is -2.17. The standard InChI is InChI=1S/C21H21NO6S/c23-13-27-9-10-29-12-19(20(24)25)22-21(26)28-11-18-16-7-3-1-5-14(16)15-6-2-4-8-17(15)18/h1-8,13,18-19H,9-12H2,(H,22,26)(H,24,25). The number of rotatable bonds is 10. The zero-order valence-electron chi connectivity index (χ0n) is 15.6. The molecule has 29 heavy (non-hydrogen) atoms. The second-order valence-electron chi connectivity index (χ2n) is 6.40. The van der Waals surface area contributed by atoms with Crippen molar-refractivity contribution in [3.63, 3.8) is 0 Å². The zero-order valence-corrected chi connectivity index (χ0v) is 16.4. The van der Waals surface area contributed by atoms with Crippen LogP contribution in [0.2, 0.25) is 0 Å². The number of carbonyl (C=O) groups excluding carboxylic acids is 2. The summed E-state index contributed by atoms with van der Waals surface area (Å²) in [6, 6.07) is 14.9. The third kappa shape index (κ3) is 5.08.